The van der Waals surface area contributed by atoms with Crippen LogP contribution < -0.4 is 16.2 Å². The third kappa shape index (κ3) is 2.90. The van der Waals surface area contributed by atoms with Gasteiger partial charge in [0.15, 0.2) is 0 Å². The van der Waals surface area contributed by atoms with Crippen molar-refractivity contribution in [3.63, 3.8) is 0 Å². The molecule has 1 spiro atoms. The van der Waals surface area contributed by atoms with Gasteiger partial charge in [0.25, 0.3) is 5.56 Å². The molecule has 9 heteroatoms. The minimum Gasteiger partial charge on any atom is -0.437 e. The van der Waals surface area contributed by atoms with Gasteiger partial charge in [0.2, 0.25) is 0 Å². The number of fused-ring (bicyclic) bond motifs is 3. The van der Waals surface area contributed by atoms with Gasteiger partial charge in [-0.3, -0.25) is 9.48 Å². The van der Waals surface area contributed by atoms with Crippen LogP contribution in [-0.4, -0.2) is 26.1 Å². The molecule has 3 N–H and O–H groups in total. The quantitative estimate of drug-likeness (QED) is 0.483. The van der Waals surface area contributed by atoms with Gasteiger partial charge in [-0.05, 0) is 49.4 Å². The number of nitrogens with two attached hydrogens (primary N) is 1. The van der Waals surface area contributed by atoms with Crippen molar-refractivity contribution >= 4 is 28.4 Å². The van der Waals surface area contributed by atoms with E-state index in [1.165, 1.54) is 0 Å². The number of amides is 1. The lowest BCUT2D eigenvalue weighted by molar-refractivity contribution is 0.0126. The summed E-state index contributed by atoms with van der Waals surface area (Å²) in [6.45, 7) is 0.185. The number of rotatable bonds is 3. The number of H-pyrrole nitrogens is 1. The molecule has 2 aromatic carbocycles. The van der Waals surface area contributed by atoms with Crippen molar-refractivity contribution in [1.29, 1.82) is 0 Å². The average molecular weight is 457 g/mol. The highest BCUT2D eigenvalue weighted by molar-refractivity contribution is 6.02. The molecule has 1 aliphatic carbocycles. The first-order chi connectivity index (χ1) is 16.5. The molecule has 0 saturated heterocycles. The number of benzene rings is 2. The second-order valence-electron chi connectivity index (χ2n) is 8.89. The van der Waals surface area contributed by atoms with Gasteiger partial charge >= 0.3 is 6.09 Å². The van der Waals surface area contributed by atoms with Gasteiger partial charge in [-0.15, -0.1) is 0 Å². The summed E-state index contributed by atoms with van der Waals surface area (Å²) in [7, 11) is 1.80. The molecule has 0 radical (unpaired) electrons. The SMILES string of the molecule is Cn1ncc(-c2ccc3c(=O)[nH]nc(CN)c3c2)c1N1C(=O)OC2(CCCC2)c2ccccc21. The number of para-hydroxylation sites is 1. The number of nitrogens with zero attached hydrogens (tertiary/aromatic N) is 4. The topological polar surface area (TPSA) is 119 Å². The second kappa shape index (κ2) is 7.53. The van der Waals surface area contributed by atoms with Crippen LogP contribution in [0.2, 0.25) is 0 Å². The minimum absolute atomic E-state index is 0.185. The van der Waals surface area contributed by atoms with Crippen molar-refractivity contribution in [2.75, 3.05) is 4.90 Å². The predicted octanol–water partition coefficient (Wildman–Crippen LogP) is 3.84. The maximum Gasteiger partial charge on any atom is 0.421 e. The molecule has 9 nitrogen and oxygen atoms in total. The summed E-state index contributed by atoms with van der Waals surface area (Å²) in [5, 5.41) is 12.2. The van der Waals surface area contributed by atoms with Crippen molar-refractivity contribution in [2.24, 2.45) is 12.8 Å². The maximum absolute atomic E-state index is 13.5. The van der Waals surface area contributed by atoms with E-state index >= 15 is 0 Å². The summed E-state index contributed by atoms with van der Waals surface area (Å²) >= 11 is 0. The van der Waals surface area contributed by atoms with Crippen LogP contribution in [0.4, 0.5) is 16.3 Å². The highest BCUT2D eigenvalue weighted by Crippen LogP contribution is 2.51. The van der Waals surface area contributed by atoms with E-state index in [-0.39, 0.29) is 12.1 Å². The van der Waals surface area contributed by atoms with E-state index in [4.69, 9.17) is 10.5 Å². The molecule has 34 heavy (non-hydrogen) atoms. The minimum atomic E-state index is -0.561. The van der Waals surface area contributed by atoms with Crippen LogP contribution in [0.25, 0.3) is 21.9 Å². The Balaban J connectivity index is 1.54. The number of aromatic nitrogens is 4. The lowest BCUT2D eigenvalue weighted by Crippen LogP contribution is -2.43. The van der Waals surface area contributed by atoms with Gasteiger partial charge in [0.1, 0.15) is 11.4 Å². The van der Waals surface area contributed by atoms with Crippen LogP contribution >= 0.6 is 0 Å². The van der Waals surface area contributed by atoms with E-state index in [9.17, 15) is 9.59 Å². The van der Waals surface area contributed by atoms with E-state index in [1.807, 2.05) is 30.3 Å². The number of hydrogen-bond donors (Lipinski definition) is 2. The summed E-state index contributed by atoms with van der Waals surface area (Å²) in [4.78, 5) is 27.4. The summed E-state index contributed by atoms with van der Waals surface area (Å²) in [6, 6.07) is 13.4. The molecular formula is C25H24N6O3. The standard InChI is InChI=1S/C25H24N6O3/c1-30-23(31-21-7-3-2-6-19(21)25(34-24(31)33)10-4-5-11-25)18(14-27-30)15-8-9-16-17(12-15)20(13-26)28-29-22(16)32/h2-3,6-9,12,14H,4-5,10-11,13,26H2,1H3,(H,29,32). The zero-order chi connectivity index (χ0) is 23.4. The summed E-state index contributed by atoms with van der Waals surface area (Å²) in [6.07, 6.45) is 5.03. The molecule has 1 aliphatic heterocycles. The Morgan fingerprint density at radius 1 is 1.12 bits per heavy atom. The van der Waals surface area contributed by atoms with Crippen LogP contribution in [0, 0.1) is 0 Å². The zero-order valence-electron chi connectivity index (χ0n) is 18.7. The number of aryl methyl sites for hydroxylation is 1. The Morgan fingerprint density at radius 2 is 1.91 bits per heavy atom. The number of anilines is 2. The summed E-state index contributed by atoms with van der Waals surface area (Å²) in [5.41, 5.74) is 8.99. The van der Waals surface area contributed by atoms with Crippen LogP contribution in [0.5, 0.6) is 0 Å². The van der Waals surface area contributed by atoms with Crippen molar-refractivity contribution in [3.8, 4) is 11.1 Å². The van der Waals surface area contributed by atoms with Gasteiger partial charge < -0.3 is 10.5 Å². The number of nitrogens with one attached hydrogen (secondary N) is 1. The smallest absolute Gasteiger partial charge is 0.421 e. The van der Waals surface area contributed by atoms with Gasteiger partial charge in [-0.1, -0.05) is 24.3 Å². The molecular weight excluding hydrogens is 432 g/mol. The molecule has 2 aliphatic rings. The molecule has 4 aromatic rings. The summed E-state index contributed by atoms with van der Waals surface area (Å²) < 4.78 is 7.81. The molecule has 2 aromatic heterocycles. The number of hydrogen-bond acceptors (Lipinski definition) is 6. The highest BCUT2D eigenvalue weighted by atomic mass is 16.6. The first kappa shape index (κ1) is 20.6. The number of carbonyl (C=O) groups excluding carboxylic acids is 1. The Hall–Kier alpha value is -3.98. The Kier molecular flexibility index (Phi) is 4.56. The lowest BCUT2D eigenvalue weighted by Gasteiger charge is -2.40. The van der Waals surface area contributed by atoms with E-state index in [0.29, 0.717) is 22.3 Å². The van der Waals surface area contributed by atoms with Crippen molar-refractivity contribution < 1.29 is 9.53 Å². The normalized spacial score (nSPS) is 16.8. The first-order valence-corrected chi connectivity index (χ1v) is 11.4. The van der Waals surface area contributed by atoms with Crippen molar-refractivity contribution in [1.82, 2.24) is 20.0 Å². The Bertz CT molecular complexity index is 1500. The van der Waals surface area contributed by atoms with E-state index < -0.39 is 11.7 Å². The van der Waals surface area contributed by atoms with Gasteiger partial charge in [0.05, 0.1) is 23.0 Å². The third-order valence-corrected chi connectivity index (χ3v) is 7.00. The molecule has 172 valence electrons. The van der Waals surface area contributed by atoms with Crippen LogP contribution in [0.15, 0.2) is 53.5 Å². The zero-order valence-corrected chi connectivity index (χ0v) is 18.7. The Morgan fingerprint density at radius 3 is 2.71 bits per heavy atom. The number of ether oxygens (including phenoxy) is 1. The highest BCUT2D eigenvalue weighted by Gasteiger charge is 2.48. The molecule has 3 heterocycles. The van der Waals surface area contributed by atoms with Crippen molar-refractivity contribution in [3.05, 3.63) is 70.3 Å². The molecule has 1 saturated carbocycles. The van der Waals surface area contributed by atoms with Gasteiger partial charge in [0, 0.05) is 30.1 Å². The largest absolute Gasteiger partial charge is 0.437 e. The monoisotopic (exact) mass is 456 g/mol. The second-order valence-corrected chi connectivity index (χ2v) is 8.89. The molecule has 1 fully saturated rings. The molecule has 6 rings (SSSR count). The van der Waals surface area contributed by atoms with Crippen LogP contribution in [0.3, 0.4) is 0 Å². The predicted molar refractivity (Wildman–Crippen MR) is 128 cm³/mol. The fourth-order valence-electron chi connectivity index (χ4n) is 5.38. The van der Waals surface area contributed by atoms with Crippen LogP contribution in [0.1, 0.15) is 36.9 Å². The van der Waals surface area contributed by atoms with E-state index in [0.717, 1.165) is 48.1 Å². The Labute approximate surface area is 195 Å². The third-order valence-electron chi connectivity index (χ3n) is 7.00. The molecule has 0 atom stereocenters. The van der Waals surface area contributed by atoms with E-state index in [2.05, 4.69) is 21.4 Å². The number of carbonyl (C=O) groups is 1. The summed E-state index contributed by atoms with van der Waals surface area (Å²) in [5.74, 6) is 0.594. The first-order valence-electron chi connectivity index (χ1n) is 11.4. The number of aromatic amines is 1. The maximum atomic E-state index is 13.5. The van der Waals surface area contributed by atoms with Crippen molar-refractivity contribution in [2.45, 2.75) is 37.8 Å². The van der Waals surface area contributed by atoms with Gasteiger partial charge in [-0.25, -0.2) is 14.8 Å². The van der Waals surface area contributed by atoms with Gasteiger partial charge in [-0.2, -0.15) is 10.2 Å². The van der Waals surface area contributed by atoms with E-state index in [1.54, 1.807) is 28.9 Å². The van der Waals surface area contributed by atoms with Crippen LogP contribution in [-0.2, 0) is 23.9 Å². The fourth-order valence-corrected chi connectivity index (χ4v) is 5.38. The molecule has 0 unspecified atom stereocenters. The molecule has 1 amide bonds. The lowest BCUT2D eigenvalue weighted by atomic mass is 9.88. The fraction of sp³-hybridized carbons (Fsp3) is 0.280. The molecule has 0 bridgehead atoms. The average Bonchev–Trinajstić information content (AvgIpc) is 3.47.